The smallest absolute Gasteiger partial charge is 0.115 e. The quantitative estimate of drug-likeness (QED) is 0.736. The fourth-order valence-corrected chi connectivity index (χ4v) is 3.35. The Hall–Kier alpha value is -2.55. The summed E-state index contributed by atoms with van der Waals surface area (Å²) in [5.41, 5.74) is 6.22. The summed E-state index contributed by atoms with van der Waals surface area (Å²) in [4.78, 5) is 0. The van der Waals surface area contributed by atoms with Crippen molar-refractivity contribution in [1.29, 1.82) is 0 Å². The molecule has 0 saturated carbocycles. The summed E-state index contributed by atoms with van der Waals surface area (Å²) in [6.45, 7) is 5.98. The van der Waals surface area contributed by atoms with Crippen LogP contribution < -0.4 is 0 Å². The summed E-state index contributed by atoms with van der Waals surface area (Å²) in [6, 6.07) is 7.90. The highest BCUT2D eigenvalue weighted by atomic mass is 19.1. The number of aromatic nitrogens is 1. The van der Waals surface area contributed by atoms with Gasteiger partial charge in [0, 0.05) is 28.6 Å². The molecule has 1 N–H and O–H groups in total. The van der Waals surface area contributed by atoms with Crippen LogP contribution in [0.3, 0.4) is 0 Å². The Labute approximate surface area is 142 Å². The molecule has 1 aliphatic carbocycles. The summed E-state index contributed by atoms with van der Waals surface area (Å²) >= 11 is 0. The molecule has 3 heteroatoms. The van der Waals surface area contributed by atoms with Gasteiger partial charge in [-0.1, -0.05) is 30.3 Å². The van der Waals surface area contributed by atoms with E-state index in [1.165, 1.54) is 5.69 Å². The van der Waals surface area contributed by atoms with Crippen molar-refractivity contribution in [3.8, 4) is 11.1 Å². The highest BCUT2D eigenvalue weighted by Gasteiger charge is 2.20. The van der Waals surface area contributed by atoms with E-state index in [9.17, 15) is 9.50 Å². The predicted octanol–water partition coefficient (Wildman–Crippen LogP) is 6.00. The molecular formula is C21H22FNO. The van der Waals surface area contributed by atoms with Crippen molar-refractivity contribution in [2.75, 3.05) is 0 Å². The van der Waals surface area contributed by atoms with Gasteiger partial charge in [0.25, 0.3) is 0 Å². The average molecular weight is 323 g/mol. The second-order valence-corrected chi connectivity index (χ2v) is 6.34. The standard InChI is InChI=1S/C21H22FNO/c1-14(2)23-15(3)21(17-9-7-16(13-22)8-10-17)19-12-11-18(24)5-4-6-20(19)23/h4-12,14,24H,13H2,1-3H3/b5-4?,6-4-,12-11?,18-5-,18-11?,19-12?,20-6?. The second kappa shape index (κ2) is 6.52. The molecule has 0 spiro atoms. The molecular weight excluding hydrogens is 301 g/mol. The van der Waals surface area contributed by atoms with Crippen molar-refractivity contribution in [3.05, 3.63) is 70.8 Å². The van der Waals surface area contributed by atoms with Crippen molar-refractivity contribution in [1.82, 2.24) is 4.57 Å². The normalized spacial score (nSPS) is 17.1. The van der Waals surface area contributed by atoms with Crippen LogP contribution in [0.15, 0.2) is 48.3 Å². The van der Waals surface area contributed by atoms with Crippen LogP contribution in [-0.2, 0) is 6.67 Å². The molecule has 2 nitrogen and oxygen atoms in total. The summed E-state index contributed by atoms with van der Waals surface area (Å²) in [5.74, 6) is 0.227. The van der Waals surface area contributed by atoms with E-state index >= 15 is 0 Å². The molecule has 0 bridgehead atoms. The maximum absolute atomic E-state index is 12.8. The van der Waals surface area contributed by atoms with Crippen LogP contribution in [-0.4, -0.2) is 9.67 Å². The van der Waals surface area contributed by atoms with Crippen LogP contribution in [0, 0.1) is 6.92 Å². The van der Waals surface area contributed by atoms with Gasteiger partial charge in [0.1, 0.15) is 12.4 Å². The van der Waals surface area contributed by atoms with E-state index < -0.39 is 6.67 Å². The number of fused-ring (bicyclic) bond motifs is 1. The van der Waals surface area contributed by atoms with E-state index in [2.05, 4.69) is 25.3 Å². The Morgan fingerprint density at radius 3 is 2.42 bits per heavy atom. The number of hydrogen-bond donors (Lipinski definition) is 1. The van der Waals surface area contributed by atoms with Gasteiger partial charge in [-0.25, -0.2) is 4.39 Å². The second-order valence-electron chi connectivity index (χ2n) is 6.34. The van der Waals surface area contributed by atoms with Crippen molar-refractivity contribution >= 4 is 12.2 Å². The van der Waals surface area contributed by atoms with E-state index in [0.717, 1.165) is 22.4 Å². The van der Waals surface area contributed by atoms with Crippen molar-refractivity contribution in [3.63, 3.8) is 0 Å². The first kappa shape index (κ1) is 16.3. The summed E-state index contributed by atoms with van der Waals surface area (Å²) in [6.07, 6.45) is 9.25. The lowest BCUT2D eigenvalue weighted by Crippen LogP contribution is -2.05. The van der Waals surface area contributed by atoms with Crippen LogP contribution in [0.4, 0.5) is 4.39 Å². The minimum Gasteiger partial charge on any atom is -0.508 e. The zero-order valence-electron chi connectivity index (χ0n) is 14.3. The molecule has 24 heavy (non-hydrogen) atoms. The molecule has 3 rings (SSSR count). The topological polar surface area (TPSA) is 25.2 Å². The molecule has 1 aromatic heterocycles. The number of aliphatic hydroxyl groups excluding tert-OH is 1. The van der Waals surface area contributed by atoms with Gasteiger partial charge >= 0.3 is 0 Å². The van der Waals surface area contributed by atoms with E-state index in [1.54, 1.807) is 12.2 Å². The van der Waals surface area contributed by atoms with E-state index in [4.69, 9.17) is 0 Å². The number of nitrogens with zero attached hydrogens (tertiary/aromatic N) is 1. The third-order valence-electron chi connectivity index (χ3n) is 4.38. The molecule has 0 unspecified atom stereocenters. The highest BCUT2D eigenvalue weighted by molar-refractivity contribution is 5.84. The maximum Gasteiger partial charge on any atom is 0.115 e. The number of aliphatic hydroxyl groups is 1. The molecule has 1 heterocycles. The summed E-state index contributed by atoms with van der Waals surface area (Å²) in [7, 11) is 0. The third-order valence-corrected chi connectivity index (χ3v) is 4.38. The number of rotatable bonds is 3. The van der Waals surface area contributed by atoms with E-state index in [1.807, 2.05) is 42.5 Å². The number of benzene rings is 1. The van der Waals surface area contributed by atoms with Crippen molar-refractivity contribution in [2.24, 2.45) is 0 Å². The molecule has 124 valence electrons. The molecule has 1 aliphatic rings. The van der Waals surface area contributed by atoms with Gasteiger partial charge in [0.2, 0.25) is 0 Å². The molecule has 0 aliphatic heterocycles. The predicted molar refractivity (Wildman–Crippen MR) is 98.6 cm³/mol. The monoisotopic (exact) mass is 323 g/mol. The average Bonchev–Trinajstić information content (AvgIpc) is 2.82. The highest BCUT2D eigenvalue weighted by Crippen LogP contribution is 2.37. The zero-order valence-corrected chi connectivity index (χ0v) is 14.3. The Morgan fingerprint density at radius 1 is 1.08 bits per heavy atom. The van der Waals surface area contributed by atoms with Gasteiger partial charge in [-0.2, -0.15) is 0 Å². The lowest BCUT2D eigenvalue weighted by molar-refractivity contribution is 0.433. The van der Waals surface area contributed by atoms with Gasteiger partial charge in [0.05, 0.1) is 0 Å². The minimum absolute atomic E-state index is 0.227. The van der Waals surface area contributed by atoms with Crippen LogP contribution in [0.1, 0.15) is 42.4 Å². The molecule has 0 atom stereocenters. The fourth-order valence-electron chi connectivity index (χ4n) is 3.35. The Bertz CT molecular complexity index is 836. The summed E-state index contributed by atoms with van der Waals surface area (Å²) < 4.78 is 15.1. The Morgan fingerprint density at radius 2 is 1.79 bits per heavy atom. The summed E-state index contributed by atoms with van der Waals surface area (Å²) in [5, 5.41) is 9.83. The van der Waals surface area contributed by atoms with Gasteiger partial charge in [-0.15, -0.1) is 0 Å². The van der Waals surface area contributed by atoms with Gasteiger partial charge < -0.3 is 9.67 Å². The van der Waals surface area contributed by atoms with Gasteiger partial charge in [-0.3, -0.25) is 0 Å². The van der Waals surface area contributed by atoms with Gasteiger partial charge in [-0.05, 0) is 56.2 Å². The number of alkyl halides is 1. The number of allylic oxidation sites excluding steroid dienone is 3. The molecule has 0 fully saturated rings. The first-order valence-electron chi connectivity index (χ1n) is 8.18. The first-order valence-corrected chi connectivity index (χ1v) is 8.18. The molecule has 0 radical (unpaired) electrons. The largest absolute Gasteiger partial charge is 0.508 e. The number of halogens is 1. The maximum atomic E-state index is 12.8. The Balaban J connectivity index is 2.26. The molecule has 1 aromatic carbocycles. The zero-order chi connectivity index (χ0) is 17.3. The number of hydrogen-bond acceptors (Lipinski definition) is 1. The van der Waals surface area contributed by atoms with E-state index in [0.29, 0.717) is 11.6 Å². The SMILES string of the molecule is Cc1c(-c2ccc(CF)cc2)c2c(n1C(C)C)/C=C\C=C(/O)C=C2. The van der Waals surface area contributed by atoms with Crippen molar-refractivity contribution < 1.29 is 9.50 Å². The van der Waals surface area contributed by atoms with Crippen LogP contribution >= 0.6 is 0 Å². The van der Waals surface area contributed by atoms with Crippen LogP contribution in [0.5, 0.6) is 0 Å². The van der Waals surface area contributed by atoms with Crippen molar-refractivity contribution in [2.45, 2.75) is 33.5 Å². The van der Waals surface area contributed by atoms with E-state index in [-0.39, 0.29) is 5.76 Å². The Kier molecular flexibility index (Phi) is 4.43. The first-order chi connectivity index (χ1) is 11.5. The van der Waals surface area contributed by atoms with Gasteiger partial charge in [0.15, 0.2) is 0 Å². The minimum atomic E-state index is -0.453. The van der Waals surface area contributed by atoms with Crippen LogP contribution in [0.25, 0.3) is 23.3 Å². The van der Waals surface area contributed by atoms with Crippen LogP contribution in [0.2, 0.25) is 0 Å². The molecule has 2 aromatic rings. The fraction of sp³-hybridized carbons (Fsp3) is 0.238. The lowest BCUT2D eigenvalue weighted by atomic mass is 9.98. The molecule has 0 saturated heterocycles. The molecule has 0 amide bonds. The third kappa shape index (κ3) is 2.82. The lowest BCUT2D eigenvalue weighted by Gasteiger charge is -2.14.